The van der Waals surface area contributed by atoms with Crippen molar-refractivity contribution in [3.05, 3.63) is 12.2 Å². The maximum atomic E-state index is 12.4. The van der Waals surface area contributed by atoms with Crippen LogP contribution in [0, 0.1) is 5.92 Å². The molecule has 80 valence electrons. The minimum atomic E-state index is -2.53. The van der Waals surface area contributed by atoms with Crippen molar-refractivity contribution in [3.63, 3.8) is 0 Å². The van der Waals surface area contributed by atoms with Crippen molar-refractivity contribution in [1.29, 1.82) is 0 Å². The van der Waals surface area contributed by atoms with Crippen LogP contribution in [0.1, 0.15) is 26.2 Å². The number of halogens is 2. The number of rotatable bonds is 4. The molecule has 0 aromatic heterocycles. The first-order chi connectivity index (χ1) is 6.39. The van der Waals surface area contributed by atoms with Gasteiger partial charge in [0.2, 0.25) is 11.8 Å². The van der Waals surface area contributed by atoms with Crippen molar-refractivity contribution >= 4 is 5.91 Å². The van der Waals surface area contributed by atoms with Crippen molar-refractivity contribution in [1.82, 2.24) is 5.32 Å². The molecule has 1 aliphatic rings. The summed E-state index contributed by atoms with van der Waals surface area (Å²) in [6.45, 7) is 5.86. The van der Waals surface area contributed by atoms with E-state index >= 15 is 0 Å². The number of nitrogens with one attached hydrogen (secondary N) is 1. The Morgan fingerprint density at radius 2 is 2.14 bits per heavy atom. The molecule has 14 heavy (non-hydrogen) atoms. The molecule has 0 radical (unpaired) electrons. The second-order valence-corrected chi connectivity index (χ2v) is 4.07. The highest BCUT2D eigenvalue weighted by Crippen LogP contribution is 2.43. The van der Waals surface area contributed by atoms with Crippen molar-refractivity contribution in [2.24, 2.45) is 5.92 Å². The van der Waals surface area contributed by atoms with E-state index in [-0.39, 0.29) is 31.1 Å². The molecule has 0 heterocycles. The molecule has 0 atom stereocenters. The Labute approximate surface area is 82.4 Å². The molecule has 0 unspecified atom stereocenters. The predicted molar refractivity (Wildman–Crippen MR) is 50.1 cm³/mol. The summed E-state index contributed by atoms with van der Waals surface area (Å²) in [7, 11) is 0. The van der Waals surface area contributed by atoms with Crippen molar-refractivity contribution in [2.45, 2.75) is 32.1 Å². The van der Waals surface area contributed by atoms with E-state index in [2.05, 4.69) is 11.9 Å². The van der Waals surface area contributed by atoms with Crippen LogP contribution in [0.15, 0.2) is 12.2 Å². The Balaban J connectivity index is 2.14. The first-order valence-corrected chi connectivity index (χ1v) is 4.68. The van der Waals surface area contributed by atoms with Gasteiger partial charge in [0, 0.05) is 25.8 Å². The predicted octanol–water partition coefficient (Wildman–Crippen LogP) is 2.11. The van der Waals surface area contributed by atoms with E-state index in [1.54, 1.807) is 6.92 Å². The lowest BCUT2D eigenvalue weighted by Gasteiger charge is -2.34. The summed E-state index contributed by atoms with van der Waals surface area (Å²) in [4.78, 5) is 11.2. The summed E-state index contributed by atoms with van der Waals surface area (Å²) < 4.78 is 24.8. The fourth-order valence-corrected chi connectivity index (χ4v) is 1.51. The van der Waals surface area contributed by atoms with Crippen molar-refractivity contribution < 1.29 is 13.6 Å². The smallest absolute Gasteiger partial charge is 0.248 e. The Kier molecular flexibility index (Phi) is 3.24. The lowest BCUT2D eigenvalue weighted by Crippen LogP contribution is -2.38. The number of hydrogen-bond acceptors (Lipinski definition) is 1. The quantitative estimate of drug-likeness (QED) is 0.696. The lowest BCUT2D eigenvalue weighted by atomic mass is 9.79. The maximum absolute atomic E-state index is 12.4. The first kappa shape index (κ1) is 11.1. The zero-order chi connectivity index (χ0) is 10.8. The SMILES string of the molecule is C=C(C)CNC(=O)CC1CC(F)(F)C1. The van der Waals surface area contributed by atoms with Gasteiger partial charge in [-0.1, -0.05) is 12.2 Å². The largest absolute Gasteiger partial charge is 0.352 e. The molecule has 1 N–H and O–H groups in total. The molecule has 1 fully saturated rings. The molecule has 0 bridgehead atoms. The molecule has 2 nitrogen and oxygen atoms in total. The summed E-state index contributed by atoms with van der Waals surface area (Å²) in [6, 6.07) is 0. The fraction of sp³-hybridized carbons (Fsp3) is 0.700. The first-order valence-electron chi connectivity index (χ1n) is 4.68. The van der Waals surface area contributed by atoms with Gasteiger partial charge in [0.25, 0.3) is 0 Å². The third kappa shape index (κ3) is 3.44. The molecular weight excluding hydrogens is 188 g/mol. The Morgan fingerprint density at radius 3 is 2.57 bits per heavy atom. The molecule has 4 heteroatoms. The molecule has 0 aromatic carbocycles. The number of carbonyl (C=O) groups is 1. The fourth-order valence-electron chi connectivity index (χ4n) is 1.51. The van der Waals surface area contributed by atoms with E-state index in [0.717, 1.165) is 5.57 Å². The Hall–Kier alpha value is -0.930. The number of hydrogen-bond donors (Lipinski definition) is 1. The van der Waals surface area contributed by atoms with Gasteiger partial charge >= 0.3 is 0 Å². The van der Waals surface area contributed by atoms with Gasteiger partial charge in [-0.05, 0) is 12.8 Å². The molecule has 0 spiro atoms. The molecule has 1 saturated carbocycles. The van der Waals surface area contributed by atoms with Crippen LogP contribution in [0.4, 0.5) is 8.78 Å². The van der Waals surface area contributed by atoms with Gasteiger partial charge in [-0.2, -0.15) is 0 Å². The van der Waals surface area contributed by atoms with Crippen LogP contribution < -0.4 is 5.32 Å². The average molecular weight is 203 g/mol. The molecule has 1 rings (SSSR count). The van der Waals surface area contributed by atoms with Gasteiger partial charge in [-0.3, -0.25) is 4.79 Å². The second-order valence-electron chi connectivity index (χ2n) is 4.07. The van der Waals surface area contributed by atoms with Crippen LogP contribution in [0.2, 0.25) is 0 Å². The highest BCUT2D eigenvalue weighted by Gasteiger charge is 2.45. The van der Waals surface area contributed by atoms with Crippen LogP contribution in [-0.4, -0.2) is 18.4 Å². The zero-order valence-corrected chi connectivity index (χ0v) is 8.28. The Morgan fingerprint density at radius 1 is 1.57 bits per heavy atom. The van der Waals surface area contributed by atoms with Gasteiger partial charge in [0.1, 0.15) is 0 Å². The van der Waals surface area contributed by atoms with Crippen LogP contribution in [0.5, 0.6) is 0 Å². The zero-order valence-electron chi connectivity index (χ0n) is 8.28. The molecule has 0 saturated heterocycles. The topological polar surface area (TPSA) is 29.1 Å². The highest BCUT2D eigenvalue weighted by molar-refractivity contribution is 5.76. The van der Waals surface area contributed by atoms with Crippen LogP contribution in [0.25, 0.3) is 0 Å². The third-order valence-corrected chi connectivity index (χ3v) is 2.24. The van der Waals surface area contributed by atoms with Crippen molar-refractivity contribution in [3.8, 4) is 0 Å². The standard InChI is InChI=1S/C10H15F2NO/c1-7(2)6-13-9(14)3-8-4-10(11,12)5-8/h8H,1,3-6H2,2H3,(H,13,14). The number of alkyl halides is 2. The lowest BCUT2D eigenvalue weighted by molar-refractivity contribution is -0.133. The van der Waals surface area contributed by atoms with E-state index < -0.39 is 5.92 Å². The summed E-state index contributed by atoms with van der Waals surface area (Å²) in [5.74, 6) is -2.83. The third-order valence-electron chi connectivity index (χ3n) is 2.24. The van der Waals surface area contributed by atoms with Gasteiger partial charge in [-0.15, -0.1) is 0 Å². The highest BCUT2D eigenvalue weighted by atomic mass is 19.3. The minimum Gasteiger partial charge on any atom is -0.352 e. The summed E-state index contributed by atoms with van der Waals surface area (Å²) >= 11 is 0. The van der Waals surface area contributed by atoms with Crippen LogP contribution >= 0.6 is 0 Å². The molecule has 0 aromatic rings. The second kappa shape index (κ2) is 4.07. The molecule has 0 aliphatic heterocycles. The minimum absolute atomic E-state index is 0.143. The van der Waals surface area contributed by atoms with E-state index in [1.165, 1.54) is 0 Å². The van der Waals surface area contributed by atoms with E-state index in [4.69, 9.17) is 0 Å². The van der Waals surface area contributed by atoms with Gasteiger partial charge in [0.05, 0.1) is 0 Å². The van der Waals surface area contributed by atoms with Gasteiger partial charge in [0.15, 0.2) is 0 Å². The maximum Gasteiger partial charge on any atom is 0.248 e. The molecule has 1 aliphatic carbocycles. The summed E-state index contributed by atoms with van der Waals surface area (Å²) in [5, 5.41) is 2.63. The van der Waals surface area contributed by atoms with Crippen molar-refractivity contribution in [2.75, 3.05) is 6.54 Å². The van der Waals surface area contributed by atoms with Gasteiger partial charge < -0.3 is 5.32 Å². The normalized spacial score (nSPS) is 19.9. The van der Waals surface area contributed by atoms with E-state index in [9.17, 15) is 13.6 Å². The number of carbonyl (C=O) groups excluding carboxylic acids is 1. The van der Waals surface area contributed by atoms with Crippen LogP contribution in [-0.2, 0) is 4.79 Å². The van der Waals surface area contributed by atoms with Crippen LogP contribution in [0.3, 0.4) is 0 Å². The molecule has 1 amide bonds. The van der Waals surface area contributed by atoms with E-state index in [0.29, 0.717) is 6.54 Å². The summed E-state index contributed by atoms with van der Waals surface area (Å²) in [6.07, 6.45) is -0.0795. The Bertz CT molecular complexity index is 243. The average Bonchev–Trinajstić information content (AvgIpc) is 1.97. The number of amides is 1. The van der Waals surface area contributed by atoms with Gasteiger partial charge in [-0.25, -0.2) is 8.78 Å². The monoisotopic (exact) mass is 203 g/mol. The summed E-state index contributed by atoms with van der Waals surface area (Å²) in [5.41, 5.74) is 0.859. The van der Waals surface area contributed by atoms with E-state index in [1.807, 2.05) is 0 Å². The molecular formula is C10H15F2NO.